The number of hydrogen-bond donors (Lipinski definition) is 0. The second kappa shape index (κ2) is 5.69. The molecule has 0 unspecified atom stereocenters. The van der Waals surface area contributed by atoms with Crippen LogP contribution in [0.25, 0.3) is 0 Å². The molecule has 0 spiro atoms. The standard InChI is InChI=1S/C13H11ClFNO2/c14-11-5-4-10(15)9-12(11)18-8-7-16-6-2-1-3-13(16)17/h1-6,9H,7-8H2. The topological polar surface area (TPSA) is 31.2 Å². The van der Waals surface area contributed by atoms with E-state index < -0.39 is 5.82 Å². The van der Waals surface area contributed by atoms with E-state index >= 15 is 0 Å². The number of ether oxygens (including phenoxy) is 1. The second-order valence-electron chi connectivity index (χ2n) is 3.66. The minimum absolute atomic E-state index is 0.105. The van der Waals surface area contributed by atoms with Crippen molar-refractivity contribution in [3.63, 3.8) is 0 Å². The molecule has 1 heterocycles. The lowest BCUT2D eigenvalue weighted by atomic mass is 10.3. The van der Waals surface area contributed by atoms with Gasteiger partial charge in [-0.3, -0.25) is 4.79 Å². The fraction of sp³-hybridized carbons (Fsp3) is 0.154. The van der Waals surface area contributed by atoms with E-state index in [9.17, 15) is 9.18 Å². The zero-order valence-corrected chi connectivity index (χ0v) is 10.2. The molecule has 0 amide bonds. The van der Waals surface area contributed by atoms with Crippen molar-refractivity contribution in [1.29, 1.82) is 0 Å². The van der Waals surface area contributed by atoms with Crippen LogP contribution >= 0.6 is 11.6 Å². The van der Waals surface area contributed by atoms with Crippen LogP contribution in [-0.4, -0.2) is 11.2 Å². The Bertz CT molecular complexity index is 598. The van der Waals surface area contributed by atoms with Crippen LogP contribution in [0.3, 0.4) is 0 Å². The number of benzene rings is 1. The average Bonchev–Trinajstić information content (AvgIpc) is 2.36. The van der Waals surface area contributed by atoms with Crippen molar-refractivity contribution in [3.8, 4) is 5.75 Å². The van der Waals surface area contributed by atoms with Crippen molar-refractivity contribution in [2.24, 2.45) is 0 Å². The first-order valence-electron chi connectivity index (χ1n) is 5.40. The zero-order chi connectivity index (χ0) is 13.0. The summed E-state index contributed by atoms with van der Waals surface area (Å²) >= 11 is 5.85. The van der Waals surface area contributed by atoms with Gasteiger partial charge in [-0.2, -0.15) is 0 Å². The molecule has 0 aliphatic heterocycles. The van der Waals surface area contributed by atoms with Crippen LogP contribution in [0.5, 0.6) is 5.75 Å². The molecule has 94 valence electrons. The highest BCUT2D eigenvalue weighted by atomic mass is 35.5. The Balaban J connectivity index is 1.99. The lowest BCUT2D eigenvalue weighted by Crippen LogP contribution is -2.21. The lowest BCUT2D eigenvalue weighted by Gasteiger charge is -2.09. The predicted molar refractivity (Wildman–Crippen MR) is 67.6 cm³/mol. The van der Waals surface area contributed by atoms with E-state index in [1.807, 2.05) is 0 Å². The van der Waals surface area contributed by atoms with Crippen molar-refractivity contribution in [1.82, 2.24) is 4.57 Å². The van der Waals surface area contributed by atoms with Gasteiger partial charge in [0.1, 0.15) is 18.2 Å². The molecule has 0 bridgehead atoms. The first-order chi connectivity index (χ1) is 8.66. The van der Waals surface area contributed by atoms with Gasteiger partial charge in [-0.25, -0.2) is 4.39 Å². The molecule has 2 rings (SSSR count). The summed E-state index contributed by atoms with van der Waals surface area (Å²) in [6.45, 7) is 0.625. The maximum Gasteiger partial charge on any atom is 0.250 e. The molecule has 0 aliphatic rings. The quantitative estimate of drug-likeness (QED) is 0.853. The van der Waals surface area contributed by atoms with Gasteiger partial charge in [0.05, 0.1) is 11.6 Å². The van der Waals surface area contributed by atoms with Gasteiger partial charge < -0.3 is 9.30 Å². The van der Waals surface area contributed by atoms with Crippen LogP contribution in [0.15, 0.2) is 47.4 Å². The summed E-state index contributed by atoms with van der Waals surface area (Å²) in [7, 11) is 0. The summed E-state index contributed by atoms with van der Waals surface area (Å²) < 4.78 is 19.8. The summed E-state index contributed by atoms with van der Waals surface area (Å²) in [6, 6.07) is 8.81. The fourth-order valence-corrected chi connectivity index (χ4v) is 1.66. The highest BCUT2D eigenvalue weighted by Crippen LogP contribution is 2.24. The molecule has 0 radical (unpaired) electrons. The molecule has 3 nitrogen and oxygen atoms in total. The van der Waals surface area contributed by atoms with Crippen LogP contribution in [-0.2, 0) is 6.54 Å². The summed E-state index contributed by atoms with van der Waals surface area (Å²) in [6.07, 6.45) is 1.67. The van der Waals surface area contributed by atoms with Crippen molar-refractivity contribution in [3.05, 3.63) is 63.8 Å². The van der Waals surface area contributed by atoms with Crippen LogP contribution in [0.2, 0.25) is 5.02 Å². The molecule has 0 saturated heterocycles. The average molecular weight is 268 g/mol. The Morgan fingerprint density at radius 2 is 2.11 bits per heavy atom. The van der Waals surface area contributed by atoms with E-state index in [0.717, 1.165) is 0 Å². The molecule has 0 fully saturated rings. The van der Waals surface area contributed by atoms with Gasteiger partial charge in [0.2, 0.25) is 0 Å². The summed E-state index contributed by atoms with van der Waals surface area (Å²) in [5.41, 5.74) is -0.105. The van der Waals surface area contributed by atoms with E-state index in [1.165, 1.54) is 28.8 Å². The van der Waals surface area contributed by atoms with Gasteiger partial charge in [0.15, 0.2) is 0 Å². The third-order valence-corrected chi connectivity index (χ3v) is 2.69. The van der Waals surface area contributed by atoms with Gasteiger partial charge >= 0.3 is 0 Å². The molecule has 0 saturated carbocycles. The second-order valence-corrected chi connectivity index (χ2v) is 4.06. The minimum Gasteiger partial charge on any atom is -0.490 e. The Labute approximate surface area is 108 Å². The minimum atomic E-state index is -0.411. The first kappa shape index (κ1) is 12.6. The number of aromatic nitrogens is 1. The van der Waals surface area contributed by atoms with Gasteiger partial charge in [0.25, 0.3) is 5.56 Å². The molecular weight excluding hydrogens is 257 g/mol. The largest absolute Gasteiger partial charge is 0.490 e. The number of pyridine rings is 1. The normalized spacial score (nSPS) is 10.3. The van der Waals surface area contributed by atoms with E-state index in [1.54, 1.807) is 18.3 Å². The summed E-state index contributed by atoms with van der Waals surface area (Å²) in [5.74, 6) is -0.132. The SMILES string of the molecule is O=c1ccccn1CCOc1cc(F)ccc1Cl. The Kier molecular flexibility index (Phi) is 3.99. The number of nitrogens with zero attached hydrogens (tertiary/aromatic N) is 1. The van der Waals surface area contributed by atoms with E-state index in [-0.39, 0.29) is 17.9 Å². The molecule has 0 N–H and O–H groups in total. The van der Waals surface area contributed by atoms with Gasteiger partial charge in [-0.15, -0.1) is 0 Å². The van der Waals surface area contributed by atoms with E-state index in [4.69, 9.17) is 16.3 Å². The zero-order valence-electron chi connectivity index (χ0n) is 9.48. The predicted octanol–water partition coefficient (Wildman–Crippen LogP) is 2.72. The van der Waals surface area contributed by atoms with Gasteiger partial charge in [0, 0.05) is 18.3 Å². The molecule has 5 heteroatoms. The Morgan fingerprint density at radius 3 is 2.89 bits per heavy atom. The monoisotopic (exact) mass is 267 g/mol. The van der Waals surface area contributed by atoms with Crippen LogP contribution in [0.4, 0.5) is 4.39 Å². The van der Waals surface area contributed by atoms with Gasteiger partial charge in [-0.1, -0.05) is 17.7 Å². The highest BCUT2D eigenvalue weighted by molar-refractivity contribution is 6.32. The third kappa shape index (κ3) is 3.11. The molecular formula is C13H11ClFNO2. The fourth-order valence-electron chi connectivity index (χ4n) is 1.49. The highest BCUT2D eigenvalue weighted by Gasteiger charge is 2.03. The maximum atomic E-state index is 13.0. The van der Waals surface area contributed by atoms with Crippen molar-refractivity contribution >= 4 is 11.6 Å². The molecule has 0 atom stereocenters. The third-order valence-electron chi connectivity index (χ3n) is 2.38. The molecule has 18 heavy (non-hydrogen) atoms. The van der Waals surface area contributed by atoms with Crippen molar-refractivity contribution in [2.75, 3.05) is 6.61 Å². The Hall–Kier alpha value is -1.81. The maximum absolute atomic E-state index is 13.0. The molecule has 1 aromatic heterocycles. The molecule has 0 aliphatic carbocycles. The number of rotatable bonds is 4. The lowest BCUT2D eigenvalue weighted by molar-refractivity contribution is 0.295. The smallest absolute Gasteiger partial charge is 0.250 e. The van der Waals surface area contributed by atoms with Crippen LogP contribution in [0, 0.1) is 5.82 Å². The van der Waals surface area contributed by atoms with Gasteiger partial charge in [-0.05, 0) is 18.2 Å². The summed E-state index contributed by atoms with van der Waals surface area (Å²) in [4.78, 5) is 11.4. The number of hydrogen-bond acceptors (Lipinski definition) is 2. The van der Waals surface area contributed by atoms with Crippen molar-refractivity contribution in [2.45, 2.75) is 6.54 Å². The van der Waals surface area contributed by atoms with Crippen LogP contribution < -0.4 is 10.3 Å². The molecule has 1 aromatic carbocycles. The summed E-state index contributed by atoms with van der Waals surface area (Å²) in [5, 5.41) is 0.344. The first-order valence-corrected chi connectivity index (χ1v) is 5.78. The number of halogens is 2. The van der Waals surface area contributed by atoms with Crippen LogP contribution in [0.1, 0.15) is 0 Å². The Morgan fingerprint density at radius 1 is 1.28 bits per heavy atom. The van der Waals surface area contributed by atoms with E-state index in [2.05, 4.69) is 0 Å². The van der Waals surface area contributed by atoms with E-state index in [0.29, 0.717) is 11.6 Å². The molecule has 2 aromatic rings. The van der Waals surface area contributed by atoms with Crippen molar-refractivity contribution < 1.29 is 9.13 Å².